The van der Waals surface area contributed by atoms with E-state index in [2.05, 4.69) is 189 Å². The first-order valence-electron chi connectivity index (χ1n) is 16.6. The van der Waals surface area contributed by atoms with Gasteiger partial charge in [-0.3, -0.25) is 0 Å². The van der Waals surface area contributed by atoms with Crippen LogP contribution in [0.25, 0.3) is 55.6 Å². The Morgan fingerprint density at radius 2 is 0.638 bits per heavy atom. The fourth-order valence-corrected chi connectivity index (χ4v) is 9.73. The van der Waals surface area contributed by atoms with Gasteiger partial charge in [0.2, 0.25) is 0 Å². The molecule has 6 aromatic rings. The molecule has 0 amide bonds. The Morgan fingerprint density at radius 1 is 0.362 bits per heavy atom. The lowest BCUT2D eigenvalue weighted by atomic mass is 9.79. The number of rotatable bonds is 2. The largest absolute Gasteiger partial charge is 0.0537 e. The van der Waals surface area contributed by atoms with Crippen LogP contribution in [0.3, 0.4) is 0 Å². The second-order valence-corrected chi connectivity index (χ2v) is 17.5. The van der Waals surface area contributed by atoms with Crippen LogP contribution in [0.2, 0.25) is 0 Å². The van der Waals surface area contributed by atoms with Crippen molar-refractivity contribution >= 4 is 38.5 Å². The van der Waals surface area contributed by atoms with Crippen LogP contribution in [-0.2, 0) is 16.2 Å². The molecule has 0 fully saturated rings. The van der Waals surface area contributed by atoms with E-state index >= 15 is 0 Å². The standard InChI is InChI=1S/C45H36BrI/c1-43(2)37-19-25(27-9-15-33-35-17-11-29(46)23-41(35)44(3,4)39(33)21-27)7-13-31(37)32-14-8-26(20-38(32)43)28-10-16-34-36-18-12-30(47)24-42(36)45(5,6)40(34)22-28/h7-24H,1-6H3. The molecule has 0 N–H and O–H groups in total. The summed E-state index contributed by atoms with van der Waals surface area (Å²) >= 11 is 6.14. The molecule has 0 unspecified atom stereocenters. The number of benzene rings is 6. The minimum absolute atomic E-state index is 0.0170. The molecule has 0 bridgehead atoms. The summed E-state index contributed by atoms with van der Waals surface area (Å²) in [5, 5.41) is 0. The molecule has 6 aromatic carbocycles. The normalized spacial score (nSPS) is 16.6. The smallest absolute Gasteiger partial charge is 0.0178 e. The Bertz CT molecular complexity index is 2190. The number of hydrogen-bond donors (Lipinski definition) is 0. The van der Waals surface area contributed by atoms with E-state index in [1.54, 1.807) is 0 Å². The summed E-state index contributed by atoms with van der Waals surface area (Å²) in [5.41, 5.74) is 21.7. The number of hydrogen-bond acceptors (Lipinski definition) is 0. The predicted molar refractivity (Wildman–Crippen MR) is 210 cm³/mol. The SMILES string of the molecule is CC1(C)c2cc(Br)ccc2-c2ccc(-c3ccc4c(c3)C(C)(C)c3cc(-c5ccc6c(c5)C(C)(C)c5cc(I)ccc5-6)ccc3-4)cc21. The fourth-order valence-electron chi connectivity index (χ4n) is 8.88. The molecule has 0 nitrogen and oxygen atoms in total. The summed E-state index contributed by atoms with van der Waals surface area (Å²) in [6.07, 6.45) is 0. The van der Waals surface area contributed by atoms with Crippen molar-refractivity contribution < 1.29 is 0 Å². The molecule has 0 aromatic heterocycles. The zero-order chi connectivity index (χ0) is 32.6. The maximum absolute atomic E-state index is 3.71. The zero-order valence-electron chi connectivity index (χ0n) is 27.6. The molecule has 0 aliphatic heterocycles. The third-order valence-electron chi connectivity index (χ3n) is 11.6. The maximum atomic E-state index is 3.71. The van der Waals surface area contributed by atoms with Crippen LogP contribution in [0.1, 0.15) is 74.9 Å². The summed E-state index contributed by atoms with van der Waals surface area (Å²) < 4.78 is 2.44. The quantitative estimate of drug-likeness (QED) is 0.154. The third kappa shape index (κ3) is 4.10. The highest BCUT2D eigenvalue weighted by Crippen LogP contribution is 2.54. The first kappa shape index (κ1) is 29.7. The fraction of sp³-hybridized carbons (Fsp3) is 0.200. The van der Waals surface area contributed by atoms with E-state index in [9.17, 15) is 0 Å². The molecule has 47 heavy (non-hydrogen) atoms. The Balaban J connectivity index is 1.09. The van der Waals surface area contributed by atoms with E-state index in [0.717, 1.165) is 4.47 Å². The van der Waals surface area contributed by atoms with Crippen LogP contribution in [0.4, 0.5) is 0 Å². The highest BCUT2D eigenvalue weighted by Gasteiger charge is 2.39. The van der Waals surface area contributed by atoms with Crippen molar-refractivity contribution in [2.24, 2.45) is 0 Å². The van der Waals surface area contributed by atoms with Gasteiger partial charge in [0.1, 0.15) is 0 Å². The van der Waals surface area contributed by atoms with Gasteiger partial charge in [0.05, 0.1) is 0 Å². The molecule has 0 saturated carbocycles. The highest BCUT2D eigenvalue weighted by atomic mass is 127. The molecular formula is C45H36BrI. The maximum Gasteiger partial charge on any atom is 0.0178 e. The monoisotopic (exact) mass is 782 g/mol. The minimum atomic E-state index is -0.0991. The molecule has 9 rings (SSSR count). The molecule has 0 saturated heterocycles. The van der Waals surface area contributed by atoms with Gasteiger partial charge < -0.3 is 0 Å². The summed E-state index contributed by atoms with van der Waals surface area (Å²) in [7, 11) is 0. The molecule has 0 heterocycles. The second kappa shape index (κ2) is 9.80. The summed E-state index contributed by atoms with van der Waals surface area (Å²) in [6.45, 7) is 14.3. The van der Waals surface area contributed by atoms with Gasteiger partial charge in [-0.15, -0.1) is 0 Å². The van der Waals surface area contributed by atoms with E-state index in [1.807, 2.05) is 0 Å². The van der Waals surface area contributed by atoms with E-state index < -0.39 is 0 Å². The van der Waals surface area contributed by atoms with Gasteiger partial charge in [0.15, 0.2) is 0 Å². The van der Waals surface area contributed by atoms with Crippen molar-refractivity contribution in [2.75, 3.05) is 0 Å². The zero-order valence-corrected chi connectivity index (χ0v) is 31.4. The first-order chi connectivity index (χ1) is 22.4. The summed E-state index contributed by atoms with van der Waals surface area (Å²) in [6, 6.07) is 42.1. The summed E-state index contributed by atoms with van der Waals surface area (Å²) in [5.74, 6) is 0. The predicted octanol–water partition coefficient (Wildman–Crippen LogP) is 13.3. The van der Waals surface area contributed by atoms with Crippen LogP contribution in [0.15, 0.2) is 114 Å². The molecule has 230 valence electrons. The van der Waals surface area contributed by atoms with Crippen LogP contribution in [0, 0.1) is 3.57 Å². The first-order valence-corrected chi connectivity index (χ1v) is 18.4. The van der Waals surface area contributed by atoms with E-state index in [1.165, 1.54) is 92.6 Å². The average molecular weight is 784 g/mol. The van der Waals surface area contributed by atoms with E-state index in [4.69, 9.17) is 0 Å². The topological polar surface area (TPSA) is 0 Å². The number of fused-ring (bicyclic) bond motifs is 9. The van der Waals surface area contributed by atoms with Crippen LogP contribution in [0.5, 0.6) is 0 Å². The van der Waals surface area contributed by atoms with Crippen molar-refractivity contribution in [2.45, 2.75) is 57.8 Å². The van der Waals surface area contributed by atoms with Gasteiger partial charge in [-0.25, -0.2) is 0 Å². The van der Waals surface area contributed by atoms with Gasteiger partial charge >= 0.3 is 0 Å². The van der Waals surface area contributed by atoms with Gasteiger partial charge in [-0.05, 0) is 160 Å². The molecule has 0 atom stereocenters. The van der Waals surface area contributed by atoms with Crippen LogP contribution >= 0.6 is 38.5 Å². The van der Waals surface area contributed by atoms with Crippen molar-refractivity contribution in [3.63, 3.8) is 0 Å². The van der Waals surface area contributed by atoms with E-state index in [0.29, 0.717) is 0 Å². The number of halogens is 2. The van der Waals surface area contributed by atoms with Gasteiger partial charge in [0.25, 0.3) is 0 Å². The molecule has 3 aliphatic carbocycles. The van der Waals surface area contributed by atoms with Crippen LogP contribution in [-0.4, -0.2) is 0 Å². The van der Waals surface area contributed by atoms with Gasteiger partial charge in [-0.2, -0.15) is 0 Å². The molecule has 0 spiro atoms. The minimum Gasteiger partial charge on any atom is -0.0537 e. The van der Waals surface area contributed by atoms with Crippen molar-refractivity contribution in [1.82, 2.24) is 0 Å². The molecule has 2 heteroatoms. The van der Waals surface area contributed by atoms with Crippen molar-refractivity contribution in [1.29, 1.82) is 0 Å². The lowest BCUT2D eigenvalue weighted by Gasteiger charge is -2.24. The summed E-state index contributed by atoms with van der Waals surface area (Å²) in [4.78, 5) is 0. The third-order valence-corrected chi connectivity index (χ3v) is 12.8. The molecule has 0 radical (unpaired) electrons. The Kier molecular flexibility index (Phi) is 6.18. The highest BCUT2D eigenvalue weighted by molar-refractivity contribution is 14.1. The van der Waals surface area contributed by atoms with Gasteiger partial charge in [0, 0.05) is 24.3 Å². The lowest BCUT2D eigenvalue weighted by molar-refractivity contribution is 0.659. The molecular weight excluding hydrogens is 747 g/mol. The second-order valence-electron chi connectivity index (χ2n) is 15.3. The van der Waals surface area contributed by atoms with Crippen molar-refractivity contribution in [3.05, 3.63) is 151 Å². The van der Waals surface area contributed by atoms with Crippen molar-refractivity contribution in [3.8, 4) is 55.6 Å². The Labute approximate surface area is 300 Å². The van der Waals surface area contributed by atoms with E-state index in [-0.39, 0.29) is 16.2 Å². The Hall–Kier alpha value is -3.47. The Morgan fingerprint density at radius 3 is 1.00 bits per heavy atom. The van der Waals surface area contributed by atoms with Gasteiger partial charge in [-0.1, -0.05) is 118 Å². The lowest BCUT2D eigenvalue weighted by Crippen LogP contribution is -2.16. The average Bonchev–Trinajstić information content (AvgIpc) is 3.52. The van der Waals surface area contributed by atoms with Crippen LogP contribution < -0.4 is 0 Å². The molecule has 3 aliphatic rings.